The van der Waals surface area contributed by atoms with Gasteiger partial charge in [0.15, 0.2) is 5.82 Å². The van der Waals surface area contributed by atoms with Gasteiger partial charge in [0.2, 0.25) is 0 Å². The third kappa shape index (κ3) is 3.35. The molecule has 1 aromatic heterocycles. The Bertz CT molecular complexity index is 1200. The van der Waals surface area contributed by atoms with Crippen molar-refractivity contribution in [3.63, 3.8) is 0 Å². The summed E-state index contributed by atoms with van der Waals surface area (Å²) in [4.78, 5) is 9.49. The van der Waals surface area contributed by atoms with E-state index < -0.39 is 0 Å². The van der Waals surface area contributed by atoms with Gasteiger partial charge >= 0.3 is 0 Å². The number of hydrogen-bond acceptors (Lipinski definition) is 2. The second-order valence-electron chi connectivity index (χ2n) is 6.61. The minimum atomic E-state index is 0.184. The van der Waals surface area contributed by atoms with Gasteiger partial charge in [0.25, 0.3) is 0 Å². The first-order chi connectivity index (χ1) is 13.4. The average Bonchev–Trinajstić information content (AvgIpc) is 2.71. The number of rotatable bonds is 2. The zero-order valence-electron chi connectivity index (χ0n) is 15.0. The Morgan fingerprint density at radius 3 is 1.64 bits per heavy atom. The van der Waals surface area contributed by atoms with Crippen LogP contribution in [0.4, 0.5) is 0 Å². The normalized spacial score (nSPS) is 11.2. The van der Waals surface area contributed by atoms with Crippen LogP contribution in [0.5, 0.6) is 0 Å². The molecule has 4 rings (SSSR count). The monoisotopic (exact) mass is 446 g/mol. The third-order valence-corrected chi connectivity index (χ3v) is 6.34. The second-order valence-corrected chi connectivity index (χ2v) is 8.12. The number of benzene rings is 3. The highest BCUT2D eigenvalue weighted by Crippen LogP contribution is 2.45. The summed E-state index contributed by atoms with van der Waals surface area (Å²) < 4.78 is 0. The van der Waals surface area contributed by atoms with Crippen LogP contribution in [-0.4, -0.2) is 9.97 Å². The molecule has 0 atom stereocenters. The van der Waals surface area contributed by atoms with E-state index in [2.05, 4.69) is 4.98 Å². The van der Waals surface area contributed by atoms with Crippen molar-refractivity contribution >= 4 is 57.3 Å². The molecular formula is C22H14Cl4N2. The molecule has 0 aliphatic heterocycles. The lowest BCUT2D eigenvalue weighted by Crippen LogP contribution is -1.97. The van der Waals surface area contributed by atoms with E-state index in [1.54, 1.807) is 0 Å². The van der Waals surface area contributed by atoms with Gasteiger partial charge in [0.1, 0.15) is 0 Å². The Hall–Kier alpha value is -1.84. The van der Waals surface area contributed by atoms with Crippen LogP contribution in [0.25, 0.3) is 33.5 Å². The summed E-state index contributed by atoms with van der Waals surface area (Å²) in [6.07, 6.45) is 0. The molecule has 0 N–H and O–H groups in total. The fourth-order valence-corrected chi connectivity index (χ4v) is 3.96. The number of nitrogens with zero attached hydrogens (tertiary/aromatic N) is 2. The Labute approximate surface area is 183 Å². The second kappa shape index (κ2) is 7.53. The molecule has 6 heteroatoms. The molecule has 0 bridgehead atoms. The predicted octanol–water partition coefficient (Wildman–Crippen LogP) is 8.19. The van der Waals surface area contributed by atoms with Crippen molar-refractivity contribution in [2.75, 3.05) is 0 Å². The van der Waals surface area contributed by atoms with Gasteiger partial charge in [-0.15, -0.1) is 0 Å². The largest absolute Gasteiger partial charge is 0.227 e. The first kappa shape index (κ1) is 19.5. The molecule has 2 nitrogen and oxygen atoms in total. The average molecular weight is 448 g/mol. The van der Waals surface area contributed by atoms with E-state index in [1.807, 2.05) is 62.4 Å². The first-order valence-corrected chi connectivity index (χ1v) is 10.1. The zero-order valence-corrected chi connectivity index (χ0v) is 18.0. The minimum absolute atomic E-state index is 0.184. The van der Waals surface area contributed by atoms with E-state index in [0.29, 0.717) is 22.4 Å². The molecule has 28 heavy (non-hydrogen) atoms. The minimum Gasteiger partial charge on any atom is -0.227 e. The summed E-state index contributed by atoms with van der Waals surface area (Å²) in [5.41, 5.74) is 5.19. The molecule has 0 saturated heterocycles. The predicted molar refractivity (Wildman–Crippen MR) is 120 cm³/mol. The van der Waals surface area contributed by atoms with Crippen LogP contribution in [0, 0.1) is 13.8 Å². The molecule has 3 aromatic carbocycles. The summed E-state index contributed by atoms with van der Waals surface area (Å²) in [6, 6.07) is 16.0. The third-order valence-electron chi connectivity index (χ3n) is 4.55. The molecule has 140 valence electrons. The SMILES string of the molecule is Cc1ccc(-c2nc(-c3ccc(C)cc3)c3c(Cl)c(Cl)c(Cl)c(Cl)c3n2)cc1. The van der Waals surface area contributed by atoms with Crippen molar-refractivity contribution in [2.45, 2.75) is 13.8 Å². The molecule has 0 spiro atoms. The van der Waals surface area contributed by atoms with Gasteiger partial charge in [0, 0.05) is 16.5 Å². The number of halogens is 4. The highest BCUT2D eigenvalue weighted by molar-refractivity contribution is 6.55. The van der Waals surface area contributed by atoms with Crippen molar-refractivity contribution < 1.29 is 0 Å². The smallest absolute Gasteiger partial charge is 0.160 e. The first-order valence-electron chi connectivity index (χ1n) is 8.54. The lowest BCUT2D eigenvalue weighted by atomic mass is 10.0. The summed E-state index contributed by atoms with van der Waals surface area (Å²) in [5.74, 6) is 0.541. The van der Waals surface area contributed by atoms with E-state index in [1.165, 1.54) is 0 Å². The Morgan fingerprint density at radius 1 is 0.571 bits per heavy atom. The molecule has 0 aliphatic carbocycles. The van der Waals surface area contributed by atoms with Crippen LogP contribution in [0.1, 0.15) is 11.1 Å². The van der Waals surface area contributed by atoms with E-state index >= 15 is 0 Å². The number of aromatic nitrogens is 2. The number of aryl methyl sites for hydroxylation is 2. The Morgan fingerprint density at radius 2 is 1.07 bits per heavy atom. The van der Waals surface area contributed by atoms with Crippen LogP contribution in [0.2, 0.25) is 20.1 Å². The van der Waals surface area contributed by atoms with Crippen molar-refractivity contribution in [2.24, 2.45) is 0 Å². The van der Waals surface area contributed by atoms with E-state index in [-0.39, 0.29) is 20.1 Å². The topological polar surface area (TPSA) is 25.8 Å². The molecule has 0 fully saturated rings. The maximum atomic E-state index is 6.55. The lowest BCUT2D eigenvalue weighted by molar-refractivity contribution is 1.23. The van der Waals surface area contributed by atoms with Crippen molar-refractivity contribution in [1.29, 1.82) is 0 Å². The number of fused-ring (bicyclic) bond motifs is 1. The van der Waals surface area contributed by atoms with Gasteiger partial charge in [-0.25, -0.2) is 9.97 Å². The summed E-state index contributed by atoms with van der Waals surface area (Å²) >= 11 is 25.7. The van der Waals surface area contributed by atoms with Crippen LogP contribution in [-0.2, 0) is 0 Å². The van der Waals surface area contributed by atoms with Gasteiger partial charge in [-0.05, 0) is 13.8 Å². The molecule has 0 radical (unpaired) electrons. The van der Waals surface area contributed by atoms with Gasteiger partial charge in [-0.1, -0.05) is 106 Å². The van der Waals surface area contributed by atoms with Gasteiger partial charge in [-0.3, -0.25) is 0 Å². The molecular weight excluding hydrogens is 434 g/mol. The molecule has 0 aliphatic rings. The fraction of sp³-hybridized carbons (Fsp3) is 0.0909. The Kier molecular flexibility index (Phi) is 5.24. The molecule has 0 unspecified atom stereocenters. The molecule has 4 aromatic rings. The van der Waals surface area contributed by atoms with Crippen molar-refractivity contribution in [3.05, 3.63) is 79.7 Å². The maximum absolute atomic E-state index is 6.55. The van der Waals surface area contributed by atoms with Crippen LogP contribution in [0.15, 0.2) is 48.5 Å². The Balaban J connectivity index is 2.12. The van der Waals surface area contributed by atoms with Crippen LogP contribution >= 0.6 is 46.4 Å². The molecule has 0 saturated carbocycles. The molecule has 0 amide bonds. The van der Waals surface area contributed by atoms with Crippen molar-refractivity contribution in [3.8, 4) is 22.6 Å². The highest BCUT2D eigenvalue weighted by atomic mass is 35.5. The summed E-state index contributed by atoms with van der Waals surface area (Å²) in [5, 5.41) is 1.51. The fourth-order valence-electron chi connectivity index (χ4n) is 2.99. The van der Waals surface area contributed by atoms with Crippen LogP contribution in [0.3, 0.4) is 0 Å². The standard InChI is InChI=1S/C22H14Cl4N2/c1-11-3-7-13(8-4-11)20-15-16(23)17(24)18(25)19(26)21(15)28-22(27-20)14-9-5-12(2)6-10-14/h3-10H,1-2H3. The zero-order chi connectivity index (χ0) is 20.0. The highest BCUT2D eigenvalue weighted by Gasteiger charge is 2.22. The van der Waals surface area contributed by atoms with E-state index in [0.717, 1.165) is 22.3 Å². The quantitative estimate of drug-likeness (QED) is 0.228. The molecule has 1 heterocycles. The maximum Gasteiger partial charge on any atom is 0.160 e. The van der Waals surface area contributed by atoms with Gasteiger partial charge in [0.05, 0.1) is 31.3 Å². The van der Waals surface area contributed by atoms with Crippen LogP contribution < -0.4 is 0 Å². The van der Waals surface area contributed by atoms with Gasteiger partial charge < -0.3 is 0 Å². The van der Waals surface area contributed by atoms with E-state index in [4.69, 9.17) is 51.4 Å². The lowest BCUT2D eigenvalue weighted by Gasteiger charge is -2.14. The van der Waals surface area contributed by atoms with E-state index in [9.17, 15) is 0 Å². The summed E-state index contributed by atoms with van der Waals surface area (Å²) in [6.45, 7) is 4.06. The van der Waals surface area contributed by atoms with Crippen molar-refractivity contribution in [1.82, 2.24) is 9.97 Å². The summed E-state index contributed by atoms with van der Waals surface area (Å²) in [7, 11) is 0. The number of hydrogen-bond donors (Lipinski definition) is 0. The van der Waals surface area contributed by atoms with Gasteiger partial charge in [-0.2, -0.15) is 0 Å².